The van der Waals surface area contributed by atoms with E-state index in [-0.39, 0.29) is 17.7 Å². The highest BCUT2D eigenvalue weighted by molar-refractivity contribution is 7.58. The van der Waals surface area contributed by atoms with Crippen molar-refractivity contribution in [1.82, 2.24) is 0 Å². The van der Waals surface area contributed by atoms with Crippen LogP contribution in [0.4, 0.5) is 0 Å². The molecular formula is C16H27O4P. The van der Waals surface area contributed by atoms with E-state index in [1.54, 1.807) is 6.08 Å². The van der Waals surface area contributed by atoms with Crippen LogP contribution < -0.4 is 0 Å². The van der Waals surface area contributed by atoms with Crippen molar-refractivity contribution in [3.05, 3.63) is 11.6 Å². The lowest BCUT2D eigenvalue weighted by Gasteiger charge is -2.20. The second-order valence-corrected chi connectivity index (χ2v) is 9.11. The zero-order chi connectivity index (χ0) is 15.3. The van der Waals surface area contributed by atoms with Crippen LogP contribution in [0.1, 0.15) is 57.8 Å². The van der Waals surface area contributed by atoms with E-state index in [9.17, 15) is 19.4 Å². The van der Waals surface area contributed by atoms with Crippen LogP contribution in [0.2, 0.25) is 0 Å². The van der Waals surface area contributed by atoms with Gasteiger partial charge in [-0.3, -0.25) is 4.57 Å². The van der Waals surface area contributed by atoms with Crippen molar-refractivity contribution in [2.75, 3.05) is 12.3 Å². The fraction of sp³-hybridized carbons (Fsp3) is 0.812. The quantitative estimate of drug-likeness (QED) is 0.573. The molecule has 1 atom stereocenters. The molecule has 120 valence electrons. The van der Waals surface area contributed by atoms with Gasteiger partial charge in [0.05, 0.1) is 6.16 Å². The third-order valence-electron chi connectivity index (χ3n) is 4.80. The Labute approximate surface area is 127 Å². The second-order valence-electron chi connectivity index (χ2n) is 6.73. The van der Waals surface area contributed by atoms with Crippen LogP contribution in [0.15, 0.2) is 11.6 Å². The van der Waals surface area contributed by atoms with E-state index in [0.29, 0.717) is 12.1 Å². The highest BCUT2D eigenvalue weighted by Gasteiger charge is 2.29. The van der Waals surface area contributed by atoms with Gasteiger partial charge in [0.25, 0.3) is 0 Å². The van der Waals surface area contributed by atoms with Crippen molar-refractivity contribution >= 4 is 13.3 Å². The summed E-state index contributed by atoms with van der Waals surface area (Å²) in [5, 5.41) is 9.33. The molecule has 21 heavy (non-hydrogen) atoms. The summed E-state index contributed by atoms with van der Waals surface area (Å²) in [4.78, 5) is 21.6. The number of carboxylic acid groups (broad SMARTS) is 1. The third kappa shape index (κ3) is 5.60. The number of hydrogen-bond acceptors (Lipinski definition) is 2. The summed E-state index contributed by atoms with van der Waals surface area (Å²) in [6.45, 7) is 0. The van der Waals surface area contributed by atoms with Crippen LogP contribution >= 0.6 is 7.37 Å². The molecule has 5 heteroatoms. The average molecular weight is 314 g/mol. The Balaban J connectivity index is 1.98. The molecule has 1 unspecified atom stereocenters. The molecule has 4 nitrogen and oxygen atoms in total. The maximum absolute atomic E-state index is 12.4. The van der Waals surface area contributed by atoms with Crippen molar-refractivity contribution < 1.29 is 19.4 Å². The van der Waals surface area contributed by atoms with Crippen LogP contribution in [-0.4, -0.2) is 28.3 Å². The van der Waals surface area contributed by atoms with Gasteiger partial charge in [-0.05, 0) is 37.5 Å². The molecule has 0 saturated heterocycles. The van der Waals surface area contributed by atoms with Crippen molar-refractivity contribution in [2.24, 2.45) is 11.8 Å². The smallest absolute Gasteiger partial charge is 0.331 e. The Bertz CT molecular complexity index is 432. The summed E-state index contributed by atoms with van der Waals surface area (Å²) in [5.41, 5.74) is 0.158. The predicted octanol–water partition coefficient (Wildman–Crippen LogP) is 4.04. The number of aliphatic carboxylic acids is 1. The molecule has 2 saturated carbocycles. The predicted molar refractivity (Wildman–Crippen MR) is 83.8 cm³/mol. The third-order valence-corrected chi connectivity index (χ3v) is 6.72. The molecule has 2 rings (SSSR count). The van der Waals surface area contributed by atoms with Crippen LogP contribution in [0.25, 0.3) is 0 Å². The molecule has 0 radical (unpaired) electrons. The molecule has 0 bridgehead atoms. The summed E-state index contributed by atoms with van der Waals surface area (Å²) in [5.74, 6) is -0.442. The zero-order valence-corrected chi connectivity index (χ0v) is 13.6. The van der Waals surface area contributed by atoms with Gasteiger partial charge in [0.2, 0.25) is 7.37 Å². The number of allylic oxidation sites excluding steroid dienone is 1. The zero-order valence-electron chi connectivity index (χ0n) is 12.7. The minimum Gasteiger partial charge on any atom is -0.478 e. The largest absolute Gasteiger partial charge is 0.478 e. The first-order valence-electron chi connectivity index (χ1n) is 8.21. The van der Waals surface area contributed by atoms with Crippen molar-refractivity contribution in [3.63, 3.8) is 0 Å². The molecule has 0 spiro atoms. The van der Waals surface area contributed by atoms with Crippen LogP contribution in [0.5, 0.6) is 0 Å². The minimum atomic E-state index is -3.37. The van der Waals surface area contributed by atoms with E-state index >= 15 is 0 Å². The lowest BCUT2D eigenvalue weighted by molar-refractivity contribution is -0.132. The van der Waals surface area contributed by atoms with E-state index < -0.39 is 13.3 Å². The van der Waals surface area contributed by atoms with E-state index in [0.717, 1.165) is 51.4 Å². The standard InChI is InChI=1S/C16H27O4P/c17-16(18)15(10-13-6-2-1-3-7-13)12-21(19,20)11-14-8-4-5-9-14/h10,13-14H,1-9,11-12H2,(H,17,18)(H,19,20). The van der Waals surface area contributed by atoms with Gasteiger partial charge < -0.3 is 10.00 Å². The average Bonchev–Trinajstić information content (AvgIpc) is 2.91. The van der Waals surface area contributed by atoms with Gasteiger partial charge in [-0.2, -0.15) is 0 Å². The summed E-state index contributed by atoms with van der Waals surface area (Å²) < 4.78 is 12.4. The van der Waals surface area contributed by atoms with Crippen molar-refractivity contribution in [2.45, 2.75) is 57.8 Å². The Kier molecular flexibility index (Phi) is 6.07. The Morgan fingerprint density at radius 2 is 1.62 bits per heavy atom. The molecule has 0 aromatic heterocycles. The van der Waals surface area contributed by atoms with Crippen LogP contribution in [0, 0.1) is 11.8 Å². The maximum atomic E-state index is 12.4. The SMILES string of the molecule is O=C(O)C(=CC1CCCCC1)CP(=O)(O)CC1CCCC1. The Morgan fingerprint density at radius 3 is 2.19 bits per heavy atom. The Hall–Kier alpha value is -0.600. The van der Waals surface area contributed by atoms with Gasteiger partial charge in [0.1, 0.15) is 0 Å². The monoisotopic (exact) mass is 314 g/mol. The highest BCUT2D eigenvalue weighted by Crippen LogP contribution is 2.47. The summed E-state index contributed by atoms with van der Waals surface area (Å²) in [6, 6.07) is 0. The molecule has 0 aliphatic heterocycles. The van der Waals surface area contributed by atoms with Crippen LogP contribution in [-0.2, 0) is 9.36 Å². The number of carboxylic acids is 1. The van der Waals surface area contributed by atoms with E-state index in [2.05, 4.69) is 0 Å². The highest BCUT2D eigenvalue weighted by atomic mass is 31.2. The summed E-state index contributed by atoms with van der Waals surface area (Å²) in [6.07, 6.45) is 11.7. The Morgan fingerprint density at radius 1 is 1.05 bits per heavy atom. The van der Waals surface area contributed by atoms with Crippen molar-refractivity contribution in [1.29, 1.82) is 0 Å². The van der Waals surface area contributed by atoms with Gasteiger partial charge in [-0.15, -0.1) is 0 Å². The normalized spacial score (nSPS) is 24.9. The number of rotatable bonds is 6. The topological polar surface area (TPSA) is 74.6 Å². The number of carbonyl (C=O) groups is 1. The fourth-order valence-electron chi connectivity index (χ4n) is 3.70. The molecule has 2 aliphatic carbocycles. The van der Waals surface area contributed by atoms with Crippen LogP contribution in [0.3, 0.4) is 0 Å². The first-order valence-corrected chi connectivity index (χ1v) is 10.2. The second kappa shape index (κ2) is 7.60. The maximum Gasteiger partial charge on any atom is 0.331 e. The van der Waals surface area contributed by atoms with E-state index in [1.807, 2.05) is 0 Å². The van der Waals surface area contributed by atoms with E-state index in [1.165, 1.54) is 6.42 Å². The lowest BCUT2D eigenvalue weighted by atomic mass is 9.88. The summed E-state index contributed by atoms with van der Waals surface area (Å²) in [7, 11) is -3.37. The molecule has 0 heterocycles. The molecule has 2 aliphatic rings. The fourth-order valence-corrected chi connectivity index (χ4v) is 5.78. The molecular weight excluding hydrogens is 287 g/mol. The summed E-state index contributed by atoms with van der Waals surface area (Å²) >= 11 is 0. The van der Waals surface area contributed by atoms with Gasteiger partial charge in [0.15, 0.2) is 0 Å². The molecule has 2 N–H and O–H groups in total. The molecule has 0 aromatic rings. The molecule has 2 fully saturated rings. The first kappa shape index (κ1) is 16.8. The molecule has 0 amide bonds. The van der Waals surface area contributed by atoms with Gasteiger partial charge in [-0.1, -0.05) is 38.2 Å². The number of hydrogen-bond donors (Lipinski definition) is 2. The molecule has 0 aromatic carbocycles. The van der Waals surface area contributed by atoms with Crippen molar-refractivity contribution in [3.8, 4) is 0 Å². The van der Waals surface area contributed by atoms with Gasteiger partial charge in [-0.25, -0.2) is 4.79 Å². The minimum absolute atomic E-state index is 0.157. The lowest BCUT2D eigenvalue weighted by Crippen LogP contribution is -2.13. The first-order chi connectivity index (χ1) is 9.96. The van der Waals surface area contributed by atoms with Gasteiger partial charge in [0, 0.05) is 11.7 Å². The van der Waals surface area contributed by atoms with Gasteiger partial charge >= 0.3 is 5.97 Å². The van der Waals surface area contributed by atoms with E-state index in [4.69, 9.17) is 0 Å².